The largest absolute Gasteiger partial charge is 0.484 e. The quantitative estimate of drug-likeness (QED) is 0.781. The molecule has 0 atom stereocenters. The first-order valence-corrected chi connectivity index (χ1v) is 8.02. The summed E-state index contributed by atoms with van der Waals surface area (Å²) in [5.41, 5.74) is 0.295. The topological polar surface area (TPSA) is 29.5 Å². The molecule has 126 valence electrons. The summed E-state index contributed by atoms with van der Waals surface area (Å²) in [4.78, 5) is 14.0. The number of nitrogens with zero attached hydrogens (tertiary/aromatic N) is 1. The Morgan fingerprint density at radius 3 is 2.50 bits per heavy atom. The van der Waals surface area contributed by atoms with E-state index in [4.69, 9.17) is 16.3 Å². The molecule has 0 aliphatic heterocycles. The maximum Gasteiger partial charge on any atom is 0.261 e. The van der Waals surface area contributed by atoms with E-state index in [1.807, 2.05) is 0 Å². The maximum atomic E-state index is 13.8. The minimum absolute atomic E-state index is 0.0933. The van der Waals surface area contributed by atoms with E-state index in [0.717, 1.165) is 18.9 Å². The summed E-state index contributed by atoms with van der Waals surface area (Å²) in [7, 11) is 0. The first kappa shape index (κ1) is 16.7. The standard InChI is InChI=1S/C18H16ClF2NO2/c19-13-2-7-16(8-3-13)24-11-18(23)22(15-5-6-15)10-12-1-4-14(20)9-17(12)21/h1-4,7-9,15H,5-6,10-11H2. The van der Waals surface area contributed by atoms with Crippen LogP contribution in [-0.2, 0) is 11.3 Å². The molecule has 3 nitrogen and oxygen atoms in total. The van der Waals surface area contributed by atoms with Crippen LogP contribution in [0.3, 0.4) is 0 Å². The number of carbonyl (C=O) groups excluding carboxylic acids is 1. The molecule has 1 fully saturated rings. The van der Waals surface area contributed by atoms with Crippen LogP contribution in [0.2, 0.25) is 5.02 Å². The SMILES string of the molecule is O=C(COc1ccc(Cl)cc1)N(Cc1ccc(F)cc1F)C1CC1. The predicted molar refractivity (Wildman–Crippen MR) is 86.9 cm³/mol. The van der Waals surface area contributed by atoms with E-state index in [2.05, 4.69) is 0 Å². The van der Waals surface area contributed by atoms with Crippen LogP contribution < -0.4 is 4.74 Å². The summed E-state index contributed by atoms with van der Waals surface area (Å²) >= 11 is 5.80. The van der Waals surface area contributed by atoms with E-state index in [0.29, 0.717) is 16.3 Å². The summed E-state index contributed by atoms with van der Waals surface area (Å²) in [5.74, 6) is -0.966. The monoisotopic (exact) mass is 351 g/mol. The molecule has 0 N–H and O–H groups in total. The lowest BCUT2D eigenvalue weighted by Gasteiger charge is -2.23. The molecule has 0 unspecified atom stereocenters. The van der Waals surface area contributed by atoms with Gasteiger partial charge in [0.1, 0.15) is 17.4 Å². The Kier molecular flexibility index (Phi) is 5.00. The van der Waals surface area contributed by atoms with Gasteiger partial charge in [0.2, 0.25) is 0 Å². The molecule has 0 spiro atoms. The number of amides is 1. The number of halogens is 3. The van der Waals surface area contributed by atoms with E-state index in [1.165, 1.54) is 12.1 Å². The van der Waals surface area contributed by atoms with Crippen molar-refractivity contribution in [1.82, 2.24) is 4.90 Å². The van der Waals surface area contributed by atoms with Gasteiger partial charge >= 0.3 is 0 Å². The van der Waals surface area contributed by atoms with E-state index >= 15 is 0 Å². The minimum Gasteiger partial charge on any atom is -0.484 e. The molecular weight excluding hydrogens is 336 g/mol. The molecule has 0 bridgehead atoms. The lowest BCUT2D eigenvalue weighted by molar-refractivity contribution is -0.134. The van der Waals surface area contributed by atoms with Crippen LogP contribution in [-0.4, -0.2) is 23.5 Å². The lowest BCUT2D eigenvalue weighted by Crippen LogP contribution is -2.36. The first-order valence-electron chi connectivity index (χ1n) is 7.64. The van der Waals surface area contributed by atoms with Gasteiger partial charge in [-0.15, -0.1) is 0 Å². The normalized spacial score (nSPS) is 13.6. The fraction of sp³-hybridized carbons (Fsp3) is 0.278. The van der Waals surface area contributed by atoms with Crippen molar-refractivity contribution in [2.75, 3.05) is 6.61 Å². The van der Waals surface area contributed by atoms with Gasteiger partial charge in [-0.3, -0.25) is 4.79 Å². The highest BCUT2D eigenvalue weighted by Crippen LogP contribution is 2.29. The number of hydrogen-bond donors (Lipinski definition) is 0. The van der Waals surface area contributed by atoms with Crippen molar-refractivity contribution in [3.63, 3.8) is 0 Å². The zero-order chi connectivity index (χ0) is 17.1. The number of carbonyl (C=O) groups is 1. The zero-order valence-corrected chi connectivity index (χ0v) is 13.6. The van der Waals surface area contributed by atoms with Gasteiger partial charge < -0.3 is 9.64 Å². The van der Waals surface area contributed by atoms with Gasteiger partial charge in [-0.2, -0.15) is 0 Å². The molecule has 0 saturated heterocycles. The molecule has 2 aromatic rings. The minimum atomic E-state index is -0.646. The maximum absolute atomic E-state index is 13.8. The number of hydrogen-bond acceptors (Lipinski definition) is 2. The summed E-state index contributed by atoms with van der Waals surface area (Å²) < 4.78 is 32.3. The molecule has 3 rings (SSSR count). The van der Waals surface area contributed by atoms with Gasteiger partial charge in [-0.05, 0) is 43.2 Å². The number of rotatable bonds is 6. The van der Waals surface area contributed by atoms with Crippen LogP contribution in [0.15, 0.2) is 42.5 Å². The average molecular weight is 352 g/mol. The summed E-state index contributed by atoms with van der Waals surface area (Å²) in [5, 5.41) is 0.583. The second-order valence-electron chi connectivity index (χ2n) is 5.73. The van der Waals surface area contributed by atoms with Crippen molar-refractivity contribution in [2.24, 2.45) is 0 Å². The molecular formula is C18H16ClF2NO2. The van der Waals surface area contributed by atoms with Crippen molar-refractivity contribution in [1.29, 1.82) is 0 Å². The molecule has 1 aliphatic rings. The van der Waals surface area contributed by atoms with E-state index in [9.17, 15) is 13.6 Å². The van der Waals surface area contributed by atoms with Crippen molar-refractivity contribution >= 4 is 17.5 Å². The lowest BCUT2D eigenvalue weighted by atomic mass is 10.2. The third-order valence-electron chi connectivity index (χ3n) is 3.84. The Morgan fingerprint density at radius 1 is 1.17 bits per heavy atom. The van der Waals surface area contributed by atoms with Gasteiger partial charge in [-0.1, -0.05) is 17.7 Å². The second kappa shape index (κ2) is 7.18. The first-order chi connectivity index (χ1) is 11.5. The molecule has 1 amide bonds. The van der Waals surface area contributed by atoms with E-state index < -0.39 is 11.6 Å². The van der Waals surface area contributed by atoms with Crippen LogP contribution >= 0.6 is 11.6 Å². The summed E-state index contributed by atoms with van der Waals surface area (Å²) in [6.45, 7) is -0.0272. The van der Waals surface area contributed by atoms with E-state index in [-0.39, 0.29) is 25.1 Å². The highest BCUT2D eigenvalue weighted by atomic mass is 35.5. The molecule has 24 heavy (non-hydrogen) atoms. The van der Waals surface area contributed by atoms with Crippen LogP contribution in [0.25, 0.3) is 0 Å². The van der Waals surface area contributed by atoms with Crippen molar-refractivity contribution in [3.8, 4) is 5.75 Å². The Morgan fingerprint density at radius 2 is 1.88 bits per heavy atom. The molecule has 1 saturated carbocycles. The van der Waals surface area contributed by atoms with Crippen LogP contribution in [0, 0.1) is 11.6 Å². The van der Waals surface area contributed by atoms with Crippen molar-refractivity contribution < 1.29 is 18.3 Å². The van der Waals surface area contributed by atoms with Crippen LogP contribution in [0.4, 0.5) is 8.78 Å². The number of benzene rings is 2. The summed E-state index contributed by atoms with van der Waals surface area (Å²) in [6, 6.07) is 10.2. The Labute approximate surface area is 143 Å². The fourth-order valence-corrected chi connectivity index (χ4v) is 2.53. The fourth-order valence-electron chi connectivity index (χ4n) is 2.40. The van der Waals surface area contributed by atoms with Gasteiger partial charge in [0, 0.05) is 29.2 Å². The van der Waals surface area contributed by atoms with Gasteiger partial charge in [0.25, 0.3) is 5.91 Å². The van der Waals surface area contributed by atoms with Gasteiger partial charge in [0.15, 0.2) is 6.61 Å². The van der Waals surface area contributed by atoms with Crippen molar-refractivity contribution in [2.45, 2.75) is 25.4 Å². The third-order valence-corrected chi connectivity index (χ3v) is 4.09. The molecule has 1 aliphatic carbocycles. The highest BCUT2D eigenvalue weighted by molar-refractivity contribution is 6.30. The third kappa shape index (κ3) is 4.23. The summed E-state index contributed by atoms with van der Waals surface area (Å²) in [6.07, 6.45) is 1.77. The Bertz CT molecular complexity index is 732. The molecule has 0 aromatic heterocycles. The zero-order valence-electron chi connectivity index (χ0n) is 12.8. The predicted octanol–water partition coefficient (Wildman–Crippen LogP) is 4.19. The smallest absolute Gasteiger partial charge is 0.261 e. The molecule has 2 aromatic carbocycles. The molecule has 6 heteroatoms. The molecule has 0 heterocycles. The Balaban J connectivity index is 1.64. The van der Waals surface area contributed by atoms with Crippen molar-refractivity contribution in [3.05, 3.63) is 64.7 Å². The highest BCUT2D eigenvalue weighted by Gasteiger charge is 2.33. The number of ether oxygens (including phenoxy) is 1. The van der Waals surface area contributed by atoms with Gasteiger partial charge in [0.05, 0.1) is 0 Å². The van der Waals surface area contributed by atoms with Crippen LogP contribution in [0.5, 0.6) is 5.75 Å². The molecule has 0 radical (unpaired) electrons. The van der Waals surface area contributed by atoms with E-state index in [1.54, 1.807) is 29.2 Å². The second-order valence-corrected chi connectivity index (χ2v) is 6.17. The van der Waals surface area contributed by atoms with Gasteiger partial charge in [-0.25, -0.2) is 8.78 Å². The Hall–Kier alpha value is -2.14. The average Bonchev–Trinajstić information content (AvgIpc) is 3.38. The van der Waals surface area contributed by atoms with Crippen LogP contribution in [0.1, 0.15) is 18.4 Å².